The zero-order valence-corrected chi connectivity index (χ0v) is 30.8. The second kappa shape index (κ2) is 12.1. The van der Waals surface area contributed by atoms with Gasteiger partial charge in [0, 0.05) is 33.2 Å². The van der Waals surface area contributed by atoms with E-state index in [2.05, 4.69) is 195 Å². The first kappa shape index (κ1) is 31.6. The average molecular weight is 704 g/mol. The SMILES string of the molecule is CC1(C)c2ccccc2-c2ccc(N(c3ccc(-c4ccc5cc6c(cc5c4)oc4ccccc46)cc3)c3cccc(-c4ccc5ccccc5c4)c3)cc21. The zero-order valence-electron chi connectivity index (χ0n) is 30.8. The molecule has 0 saturated heterocycles. The minimum atomic E-state index is -0.103. The van der Waals surface area contributed by atoms with Crippen molar-refractivity contribution in [2.24, 2.45) is 0 Å². The normalized spacial score (nSPS) is 13.1. The van der Waals surface area contributed by atoms with Crippen molar-refractivity contribution < 1.29 is 4.42 Å². The predicted molar refractivity (Wildman–Crippen MR) is 232 cm³/mol. The number of furan rings is 1. The molecule has 0 saturated carbocycles. The van der Waals surface area contributed by atoms with E-state index in [4.69, 9.17) is 4.42 Å². The van der Waals surface area contributed by atoms with Crippen LogP contribution in [-0.2, 0) is 5.41 Å². The molecule has 0 aliphatic heterocycles. The Morgan fingerprint density at radius 1 is 0.364 bits per heavy atom. The number of fused-ring (bicyclic) bond motifs is 8. The van der Waals surface area contributed by atoms with Crippen molar-refractivity contribution in [1.29, 1.82) is 0 Å². The van der Waals surface area contributed by atoms with Gasteiger partial charge in [-0.1, -0.05) is 135 Å². The summed E-state index contributed by atoms with van der Waals surface area (Å²) in [4.78, 5) is 2.41. The molecule has 0 atom stereocenters. The molecule has 0 bridgehead atoms. The molecule has 9 aromatic carbocycles. The molecule has 1 aromatic heterocycles. The highest BCUT2D eigenvalue weighted by Crippen LogP contribution is 2.51. The van der Waals surface area contributed by atoms with Crippen LogP contribution in [0.3, 0.4) is 0 Å². The van der Waals surface area contributed by atoms with Gasteiger partial charge in [0.05, 0.1) is 0 Å². The Balaban J connectivity index is 1.02. The number of hydrogen-bond donors (Lipinski definition) is 0. The van der Waals surface area contributed by atoms with Crippen molar-refractivity contribution in [2.75, 3.05) is 4.90 Å². The van der Waals surface area contributed by atoms with Gasteiger partial charge in [0.1, 0.15) is 11.2 Å². The molecular formula is C53H37NO. The van der Waals surface area contributed by atoms with E-state index in [9.17, 15) is 0 Å². The van der Waals surface area contributed by atoms with Gasteiger partial charge >= 0.3 is 0 Å². The number of para-hydroxylation sites is 1. The largest absolute Gasteiger partial charge is 0.456 e. The van der Waals surface area contributed by atoms with E-state index >= 15 is 0 Å². The third-order valence-corrected chi connectivity index (χ3v) is 11.8. The zero-order chi connectivity index (χ0) is 36.7. The van der Waals surface area contributed by atoms with Crippen molar-refractivity contribution in [3.05, 3.63) is 199 Å². The molecule has 2 nitrogen and oxygen atoms in total. The van der Waals surface area contributed by atoms with E-state index in [-0.39, 0.29) is 5.41 Å². The topological polar surface area (TPSA) is 16.4 Å². The molecule has 0 amide bonds. The first-order chi connectivity index (χ1) is 27.0. The van der Waals surface area contributed by atoms with E-state index < -0.39 is 0 Å². The summed E-state index contributed by atoms with van der Waals surface area (Å²) in [6.45, 7) is 4.70. The third-order valence-electron chi connectivity index (χ3n) is 11.8. The van der Waals surface area contributed by atoms with Crippen LogP contribution in [0.15, 0.2) is 192 Å². The van der Waals surface area contributed by atoms with Crippen LogP contribution in [-0.4, -0.2) is 0 Å². The van der Waals surface area contributed by atoms with Gasteiger partial charge in [-0.2, -0.15) is 0 Å². The molecule has 1 aliphatic rings. The summed E-state index contributed by atoms with van der Waals surface area (Å²) < 4.78 is 6.24. The fourth-order valence-corrected chi connectivity index (χ4v) is 8.92. The molecule has 0 fully saturated rings. The molecule has 1 aliphatic carbocycles. The lowest BCUT2D eigenvalue weighted by Crippen LogP contribution is -2.16. The van der Waals surface area contributed by atoms with Crippen LogP contribution in [0.5, 0.6) is 0 Å². The van der Waals surface area contributed by atoms with Crippen molar-refractivity contribution >= 4 is 60.5 Å². The van der Waals surface area contributed by atoms with Gasteiger partial charge in [-0.3, -0.25) is 0 Å². The second-order valence-corrected chi connectivity index (χ2v) is 15.4. The van der Waals surface area contributed by atoms with Crippen LogP contribution in [0.1, 0.15) is 25.0 Å². The number of anilines is 3. The monoisotopic (exact) mass is 703 g/mol. The average Bonchev–Trinajstić information content (AvgIpc) is 3.70. The van der Waals surface area contributed by atoms with Crippen molar-refractivity contribution in [3.63, 3.8) is 0 Å². The van der Waals surface area contributed by atoms with Crippen LogP contribution in [0, 0.1) is 0 Å². The minimum absolute atomic E-state index is 0.103. The van der Waals surface area contributed by atoms with E-state index in [1.807, 2.05) is 12.1 Å². The summed E-state index contributed by atoms with van der Waals surface area (Å²) in [6.07, 6.45) is 0. The minimum Gasteiger partial charge on any atom is -0.456 e. The van der Waals surface area contributed by atoms with Crippen LogP contribution < -0.4 is 4.90 Å². The number of benzene rings is 9. The highest BCUT2D eigenvalue weighted by Gasteiger charge is 2.35. The summed E-state index contributed by atoms with van der Waals surface area (Å²) in [5.74, 6) is 0. The highest BCUT2D eigenvalue weighted by atomic mass is 16.3. The molecule has 1 heterocycles. The van der Waals surface area contributed by atoms with Crippen LogP contribution in [0.2, 0.25) is 0 Å². The van der Waals surface area contributed by atoms with Crippen LogP contribution in [0.4, 0.5) is 17.1 Å². The number of rotatable bonds is 5. The van der Waals surface area contributed by atoms with Gasteiger partial charge in [-0.15, -0.1) is 0 Å². The maximum atomic E-state index is 6.24. The van der Waals surface area contributed by atoms with E-state index in [0.29, 0.717) is 0 Å². The smallest absolute Gasteiger partial charge is 0.136 e. The van der Waals surface area contributed by atoms with Gasteiger partial charge in [0.15, 0.2) is 0 Å². The van der Waals surface area contributed by atoms with Crippen molar-refractivity contribution in [3.8, 4) is 33.4 Å². The molecule has 55 heavy (non-hydrogen) atoms. The van der Waals surface area contributed by atoms with Crippen LogP contribution in [0.25, 0.3) is 76.9 Å². The van der Waals surface area contributed by atoms with E-state index in [0.717, 1.165) is 39.0 Å². The standard InChI is InChI=1S/C53H37NO/c1-53(2)49-16-7-5-14-45(49)46-27-26-44(33-50(46)53)54(43-13-9-12-37(30-43)39-19-18-34-10-3-4-11-36(34)28-39)42-24-22-35(23-25-42)38-20-21-40-31-48-47-15-6-8-17-51(47)55-52(48)32-41(40)29-38/h3-33H,1-2H3. The lowest BCUT2D eigenvalue weighted by molar-refractivity contribution is 0.660. The fourth-order valence-electron chi connectivity index (χ4n) is 8.92. The summed E-state index contributed by atoms with van der Waals surface area (Å²) in [5.41, 5.74) is 15.2. The quantitative estimate of drug-likeness (QED) is 0.177. The van der Waals surface area contributed by atoms with Gasteiger partial charge < -0.3 is 9.32 Å². The van der Waals surface area contributed by atoms with E-state index in [1.165, 1.54) is 66.1 Å². The Bertz CT molecular complexity index is 3130. The molecule has 0 N–H and O–H groups in total. The highest BCUT2D eigenvalue weighted by molar-refractivity contribution is 6.10. The second-order valence-electron chi connectivity index (χ2n) is 15.4. The molecule has 0 unspecified atom stereocenters. The first-order valence-corrected chi connectivity index (χ1v) is 19.1. The predicted octanol–water partition coefficient (Wildman–Crippen LogP) is 15.0. The fraction of sp³-hybridized carbons (Fsp3) is 0.0566. The summed E-state index contributed by atoms with van der Waals surface area (Å²) in [6, 6.07) is 68.6. The number of hydrogen-bond acceptors (Lipinski definition) is 2. The summed E-state index contributed by atoms with van der Waals surface area (Å²) >= 11 is 0. The Morgan fingerprint density at radius 2 is 1.00 bits per heavy atom. The van der Waals surface area contributed by atoms with Gasteiger partial charge in [-0.05, 0) is 133 Å². The molecule has 0 spiro atoms. The van der Waals surface area contributed by atoms with Gasteiger partial charge in [-0.25, -0.2) is 0 Å². The van der Waals surface area contributed by atoms with Gasteiger partial charge in [0.2, 0.25) is 0 Å². The Hall–Kier alpha value is -6.90. The molecule has 11 rings (SSSR count). The molecule has 2 heteroatoms. The van der Waals surface area contributed by atoms with Crippen molar-refractivity contribution in [1.82, 2.24) is 0 Å². The van der Waals surface area contributed by atoms with Gasteiger partial charge in [0.25, 0.3) is 0 Å². The molecule has 260 valence electrons. The van der Waals surface area contributed by atoms with Crippen LogP contribution >= 0.6 is 0 Å². The maximum absolute atomic E-state index is 6.24. The Morgan fingerprint density at radius 3 is 1.89 bits per heavy atom. The lowest BCUT2D eigenvalue weighted by Gasteiger charge is -2.28. The van der Waals surface area contributed by atoms with E-state index in [1.54, 1.807) is 0 Å². The Kier molecular flexibility index (Phi) is 6.93. The third kappa shape index (κ3) is 5.10. The molecule has 10 aromatic rings. The molecular weight excluding hydrogens is 667 g/mol. The molecule has 0 radical (unpaired) electrons. The first-order valence-electron chi connectivity index (χ1n) is 19.1. The Labute approximate surface area is 320 Å². The number of nitrogens with zero attached hydrogens (tertiary/aromatic N) is 1. The lowest BCUT2D eigenvalue weighted by atomic mass is 9.82. The summed E-state index contributed by atoms with van der Waals surface area (Å²) in [7, 11) is 0. The maximum Gasteiger partial charge on any atom is 0.136 e. The summed E-state index contributed by atoms with van der Waals surface area (Å²) in [5, 5.41) is 7.18. The van der Waals surface area contributed by atoms with Crippen molar-refractivity contribution in [2.45, 2.75) is 19.3 Å².